The summed E-state index contributed by atoms with van der Waals surface area (Å²) < 4.78 is 27.1. The maximum Gasteiger partial charge on any atom is 0.265 e. The minimum Gasteiger partial charge on any atom is -0.266 e. The number of aryl methyl sites for hydroxylation is 1. The highest BCUT2D eigenvalue weighted by Gasteiger charge is 2.30. The number of hydrogen-bond donors (Lipinski definition) is 0. The van der Waals surface area contributed by atoms with Gasteiger partial charge in [-0.15, -0.1) is 0 Å². The van der Waals surface area contributed by atoms with Gasteiger partial charge < -0.3 is 0 Å². The van der Waals surface area contributed by atoms with Crippen molar-refractivity contribution in [1.29, 1.82) is 0 Å². The molecule has 1 aliphatic rings. The summed E-state index contributed by atoms with van der Waals surface area (Å²) in [5.41, 5.74) is 1.83. The monoisotopic (exact) mass is 307 g/mol. The number of nitrogens with zero attached hydrogens (tertiary/aromatic N) is 1. The number of rotatable bonds is 2. The van der Waals surface area contributed by atoms with Gasteiger partial charge in [0, 0.05) is 6.54 Å². The number of benzene rings is 2. The Morgan fingerprint density at radius 2 is 1.70 bits per heavy atom. The van der Waals surface area contributed by atoms with Crippen LogP contribution in [0.15, 0.2) is 53.4 Å². The molecule has 2 aromatic carbocycles. The molecule has 3 rings (SSSR count). The molecule has 0 N–H and O–H groups in total. The summed E-state index contributed by atoms with van der Waals surface area (Å²) in [7, 11) is -3.60. The van der Waals surface area contributed by atoms with Crippen LogP contribution in [0, 0.1) is 0 Å². The van der Waals surface area contributed by atoms with Gasteiger partial charge in [-0.25, -0.2) is 8.42 Å². The lowest BCUT2D eigenvalue weighted by Crippen LogP contribution is -2.35. The van der Waals surface area contributed by atoms with Crippen LogP contribution in [0.4, 0.5) is 5.69 Å². The van der Waals surface area contributed by atoms with Gasteiger partial charge in [-0.3, -0.25) is 4.31 Å². The normalized spacial score (nSPS) is 14.9. The van der Waals surface area contributed by atoms with Gasteiger partial charge in [0.25, 0.3) is 10.0 Å². The highest BCUT2D eigenvalue weighted by atomic mass is 35.5. The molecule has 5 heteroatoms. The summed E-state index contributed by atoms with van der Waals surface area (Å²) in [6, 6.07) is 14.2. The van der Waals surface area contributed by atoms with Crippen LogP contribution in [0.1, 0.15) is 12.0 Å². The molecule has 0 fully saturated rings. The Morgan fingerprint density at radius 1 is 1.00 bits per heavy atom. The van der Waals surface area contributed by atoms with Crippen LogP contribution in [0.3, 0.4) is 0 Å². The van der Waals surface area contributed by atoms with E-state index in [1.54, 1.807) is 24.3 Å². The summed E-state index contributed by atoms with van der Waals surface area (Å²) in [4.78, 5) is 0.165. The zero-order valence-electron chi connectivity index (χ0n) is 10.8. The van der Waals surface area contributed by atoms with Crippen molar-refractivity contribution in [3.63, 3.8) is 0 Å². The molecule has 1 heterocycles. The highest BCUT2D eigenvalue weighted by molar-refractivity contribution is 7.93. The predicted octanol–water partition coefficient (Wildman–Crippen LogP) is 3.48. The van der Waals surface area contributed by atoms with Crippen LogP contribution in [0.2, 0.25) is 5.02 Å². The fraction of sp³-hybridized carbons (Fsp3) is 0.200. The Morgan fingerprint density at radius 3 is 2.50 bits per heavy atom. The van der Waals surface area contributed by atoms with Crippen LogP contribution >= 0.6 is 11.6 Å². The smallest absolute Gasteiger partial charge is 0.265 e. The van der Waals surface area contributed by atoms with Crippen LogP contribution in [0.5, 0.6) is 0 Å². The van der Waals surface area contributed by atoms with Crippen molar-refractivity contribution >= 4 is 27.3 Å². The third-order valence-corrected chi connectivity index (χ3v) is 5.79. The molecule has 2 aromatic rings. The molecule has 0 unspecified atom stereocenters. The van der Waals surface area contributed by atoms with Crippen molar-refractivity contribution in [2.75, 3.05) is 10.8 Å². The second-order valence-electron chi connectivity index (χ2n) is 4.74. The molecular formula is C15H14ClNO2S. The number of sulfonamides is 1. The Kier molecular flexibility index (Phi) is 3.44. The standard InChI is InChI=1S/C15H14ClNO2S/c16-13-8-2-4-10-15(13)20(18,19)17-11-5-7-12-6-1-3-9-14(12)17/h1-4,6,8-10H,5,7,11H2. The van der Waals surface area contributed by atoms with E-state index in [0.717, 1.165) is 24.1 Å². The molecular weight excluding hydrogens is 294 g/mol. The van der Waals surface area contributed by atoms with Gasteiger partial charge >= 0.3 is 0 Å². The van der Waals surface area contributed by atoms with Gasteiger partial charge in [0.2, 0.25) is 0 Å². The molecule has 0 saturated heterocycles. The lowest BCUT2D eigenvalue weighted by molar-refractivity contribution is 0.586. The van der Waals surface area contributed by atoms with Gasteiger partial charge in [0.05, 0.1) is 10.7 Å². The first-order chi connectivity index (χ1) is 9.60. The second kappa shape index (κ2) is 5.11. The Balaban J connectivity index is 2.13. The minimum absolute atomic E-state index is 0.165. The summed E-state index contributed by atoms with van der Waals surface area (Å²) in [5, 5.41) is 0.260. The van der Waals surface area contributed by atoms with E-state index in [9.17, 15) is 8.42 Å². The van der Waals surface area contributed by atoms with Crippen molar-refractivity contribution < 1.29 is 8.42 Å². The first-order valence-corrected chi connectivity index (χ1v) is 8.28. The van der Waals surface area contributed by atoms with E-state index < -0.39 is 10.0 Å². The second-order valence-corrected chi connectivity index (χ2v) is 6.98. The van der Waals surface area contributed by atoms with E-state index >= 15 is 0 Å². The van der Waals surface area contributed by atoms with Crippen LogP contribution in [-0.4, -0.2) is 15.0 Å². The van der Waals surface area contributed by atoms with E-state index in [2.05, 4.69) is 0 Å². The molecule has 0 saturated carbocycles. The van der Waals surface area contributed by atoms with Crippen LogP contribution < -0.4 is 4.31 Å². The molecule has 1 aliphatic heterocycles. The lowest BCUT2D eigenvalue weighted by atomic mass is 10.0. The van der Waals surface area contributed by atoms with E-state index in [4.69, 9.17) is 11.6 Å². The lowest BCUT2D eigenvalue weighted by Gasteiger charge is -2.30. The largest absolute Gasteiger partial charge is 0.266 e. The van der Waals surface area contributed by atoms with Gasteiger partial charge in [0.1, 0.15) is 4.90 Å². The molecule has 0 aliphatic carbocycles. The molecule has 104 valence electrons. The number of para-hydroxylation sites is 1. The van der Waals surface area contributed by atoms with Crippen LogP contribution in [-0.2, 0) is 16.4 Å². The van der Waals surface area contributed by atoms with E-state index in [1.165, 1.54) is 4.31 Å². The summed E-state index contributed by atoms with van der Waals surface area (Å²) in [5.74, 6) is 0. The van der Waals surface area contributed by atoms with E-state index in [1.807, 2.05) is 24.3 Å². The minimum atomic E-state index is -3.60. The molecule has 0 radical (unpaired) electrons. The van der Waals surface area contributed by atoms with Gasteiger partial charge in [-0.1, -0.05) is 41.9 Å². The number of halogens is 1. The van der Waals surface area contributed by atoms with Crippen LogP contribution in [0.25, 0.3) is 0 Å². The maximum atomic E-state index is 12.8. The number of hydrogen-bond acceptors (Lipinski definition) is 2. The zero-order chi connectivity index (χ0) is 14.2. The molecule has 20 heavy (non-hydrogen) atoms. The van der Waals surface area contributed by atoms with Crippen molar-refractivity contribution in [1.82, 2.24) is 0 Å². The highest BCUT2D eigenvalue weighted by Crippen LogP contribution is 2.33. The quantitative estimate of drug-likeness (QED) is 0.852. The average molecular weight is 308 g/mol. The van der Waals surface area contributed by atoms with Gasteiger partial charge in [-0.2, -0.15) is 0 Å². The van der Waals surface area contributed by atoms with Crippen molar-refractivity contribution in [2.45, 2.75) is 17.7 Å². The average Bonchev–Trinajstić information content (AvgIpc) is 2.47. The molecule has 0 spiro atoms. The van der Waals surface area contributed by atoms with Gasteiger partial charge in [-0.05, 0) is 36.6 Å². The van der Waals surface area contributed by atoms with Gasteiger partial charge in [0.15, 0.2) is 0 Å². The molecule has 0 amide bonds. The van der Waals surface area contributed by atoms with Crippen molar-refractivity contribution in [2.24, 2.45) is 0 Å². The fourth-order valence-electron chi connectivity index (χ4n) is 2.52. The van der Waals surface area contributed by atoms with E-state index in [-0.39, 0.29) is 9.92 Å². The Labute approximate surface area is 123 Å². The maximum absolute atomic E-state index is 12.8. The first-order valence-electron chi connectivity index (χ1n) is 6.46. The summed E-state index contributed by atoms with van der Waals surface area (Å²) in [6.07, 6.45) is 1.73. The third kappa shape index (κ3) is 2.19. The first kappa shape index (κ1) is 13.5. The Bertz CT molecular complexity index is 743. The topological polar surface area (TPSA) is 37.4 Å². The number of fused-ring (bicyclic) bond motifs is 1. The Hall–Kier alpha value is -1.52. The fourth-order valence-corrected chi connectivity index (χ4v) is 4.56. The number of anilines is 1. The molecule has 3 nitrogen and oxygen atoms in total. The third-order valence-electron chi connectivity index (χ3n) is 3.47. The predicted molar refractivity (Wildman–Crippen MR) is 80.7 cm³/mol. The van der Waals surface area contributed by atoms with E-state index in [0.29, 0.717) is 6.54 Å². The molecule has 0 bridgehead atoms. The van der Waals surface area contributed by atoms with Crippen molar-refractivity contribution in [3.05, 3.63) is 59.1 Å². The SMILES string of the molecule is O=S(=O)(c1ccccc1Cl)N1CCCc2ccccc21. The summed E-state index contributed by atoms with van der Waals surface area (Å²) in [6.45, 7) is 0.491. The van der Waals surface area contributed by atoms with Crippen molar-refractivity contribution in [3.8, 4) is 0 Å². The summed E-state index contributed by atoms with van der Waals surface area (Å²) >= 11 is 6.05. The molecule has 0 atom stereocenters. The zero-order valence-corrected chi connectivity index (χ0v) is 12.4. The molecule has 0 aromatic heterocycles.